The Labute approximate surface area is 259 Å². The Morgan fingerprint density at radius 2 is 1.05 bits per heavy atom. The van der Waals surface area contributed by atoms with E-state index in [9.17, 15) is 0 Å². The maximum Gasteiger partial charge on any atom is 0.0546 e. The minimum absolute atomic E-state index is 0.0179. The second-order valence-electron chi connectivity index (χ2n) is 12.2. The molecule has 7 aromatic rings. The molecule has 8 rings (SSSR count). The second kappa shape index (κ2) is 10.4. The molecule has 0 aliphatic heterocycles. The van der Waals surface area contributed by atoms with Crippen LogP contribution in [0.1, 0.15) is 25.0 Å². The first kappa shape index (κ1) is 26.2. The van der Waals surface area contributed by atoms with Crippen molar-refractivity contribution in [3.8, 4) is 33.4 Å². The highest BCUT2D eigenvalue weighted by atomic mass is 15.1. The molecule has 0 bridgehead atoms. The number of anilines is 3. The lowest BCUT2D eigenvalue weighted by Gasteiger charge is -2.29. The molecule has 1 aliphatic rings. The molecule has 210 valence electrons. The van der Waals surface area contributed by atoms with Crippen molar-refractivity contribution in [1.82, 2.24) is 0 Å². The molecule has 0 fully saturated rings. The van der Waals surface area contributed by atoms with E-state index in [1.54, 1.807) is 0 Å². The molecule has 0 heterocycles. The van der Waals surface area contributed by atoms with Crippen molar-refractivity contribution < 1.29 is 0 Å². The van der Waals surface area contributed by atoms with Gasteiger partial charge in [-0.15, -0.1) is 0 Å². The Balaban J connectivity index is 1.26. The predicted octanol–water partition coefficient (Wildman–Crippen LogP) is 11.9. The van der Waals surface area contributed by atoms with Gasteiger partial charge in [0.1, 0.15) is 0 Å². The van der Waals surface area contributed by atoms with Crippen LogP contribution in [0.4, 0.5) is 17.1 Å². The van der Waals surface area contributed by atoms with E-state index >= 15 is 0 Å². The van der Waals surface area contributed by atoms with Crippen LogP contribution in [0.3, 0.4) is 0 Å². The van der Waals surface area contributed by atoms with Gasteiger partial charge in [0.05, 0.1) is 5.69 Å². The first-order chi connectivity index (χ1) is 21.6. The van der Waals surface area contributed by atoms with Crippen molar-refractivity contribution in [2.24, 2.45) is 0 Å². The third kappa shape index (κ3) is 4.24. The SMILES string of the molecule is CC1(C)c2ccccc2-c2ccc(-c3ccc(N(c4ccccc4)c4ccc5ccccc5c4-c4ccccc4)cc3)cc21. The van der Waals surface area contributed by atoms with Crippen LogP contribution in [-0.2, 0) is 5.41 Å². The number of nitrogens with zero attached hydrogens (tertiary/aromatic N) is 1. The summed E-state index contributed by atoms with van der Waals surface area (Å²) < 4.78 is 0. The van der Waals surface area contributed by atoms with Crippen LogP contribution in [0.25, 0.3) is 44.2 Å². The minimum atomic E-state index is -0.0179. The molecule has 0 saturated carbocycles. The van der Waals surface area contributed by atoms with Crippen molar-refractivity contribution >= 4 is 27.8 Å². The molecule has 0 saturated heterocycles. The van der Waals surface area contributed by atoms with Gasteiger partial charge in [0.2, 0.25) is 0 Å². The topological polar surface area (TPSA) is 3.24 Å². The summed E-state index contributed by atoms with van der Waals surface area (Å²) in [7, 11) is 0. The fourth-order valence-corrected chi connectivity index (χ4v) is 7.05. The minimum Gasteiger partial charge on any atom is -0.310 e. The molecule has 1 aliphatic carbocycles. The number of rotatable bonds is 5. The summed E-state index contributed by atoms with van der Waals surface area (Å²) >= 11 is 0. The zero-order valence-corrected chi connectivity index (χ0v) is 25.0. The number of hydrogen-bond donors (Lipinski definition) is 0. The van der Waals surface area contributed by atoms with Crippen LogP contribution >= 0.6 is 0 Å². The standard InChI is InChI=1S/C43H33N/c1-43(2)39-20-12-11-19-37(39)38-27-23-33(29-40(38)43)30-21-25-35(26-22-30)44(34-16-7-4-8-17-34)41-28-24-31-13-9-10-18-36(31)42(41)32-14-5-3-6-15-32/h3-29H,1-2H3. The second-order valence-corrected chi connectivity index (χ2v) is 12.2. The molecule has 1 nitrogen and oxygen atoms in total. The van der Waals surface area contributed by atoms with Crippen LogP contribution in [-0.4, -0.2) is 0 Å². The maximum atomic E-state index is 2.40. The lowest BCUT2D eigenvalue weighted by Crippen LogP contribution is -2.14. The zero-order chi connectivity index (χ0) is 29.7. The Morgan fingerprint density at radius 1 is 0.432 bits per heavy atom. The highest BCUT2D eigenvalue weighted by Crippen LogP contribution is 2.50. The maximum absolute atomic E-state index is 2.40. The Kier molecular flexibility index (Phi) is 6.20. The number of fused-ring (bicyclic) bond motifs is 4. The van der Waals surface area contributed by atoms with Gasteiger partial charge in [0.15, 0.2) is 0 Å². The van der Waals surface area contributed by atoms with Gasteiger partial charge in [-0.1, -0.05) is 141 Å². The van der Waals surface area contributed by atoms with Gasteiger partial charge < -0.3 is 4.90 Å². The van der Waals surface area contributed by atoms with Crippen molar-refractivity contribution in [2.45, 2.75) is 19.3 Å². The molecule has 0 N–H and O–H groups in total. The fourth-order valence-electron chi connectivity index (χ4n) is 7.05. The van der Waals surface area contributed by atoms with E-state index in [4.69, 9.17) is 0 Å². The summed E-state index contributed by atoms with van der Waals surface area (Å²) in [4.78, 5) is 2.39. The van der Waals surface area contributed by atoms with Crippen molar-refractivity contribution in [1.29, 1.82) is 0 Å². The first-order valence-electron chi connectivity index (χ1n) is 15.4. The molecule has 0 radical (unpaired) electrons. The fraction of sp³-hybridized carbons (Fsp3) is 0.0698. The smallest absolute Gasteiger partial charge is 0.0546 e. The molecular formula is C43H33N. The van der Waals surface area contributed by atoms with Gasteiger partial charge >= 0.3 is 0 Å². The average molecular weight is 564 g/mol. The number of benzene rings is 7. The summed E-state index contributed by atoms with van der Waals surface area (Å²) in [6.45, 7) is 4.69. The summed E-state index contributed by atoms with van der Waals surface area (Å²) in [5.74, 6) is 0. The van der Waals surface area contributed by atoms with Crippen molar-refractivity contribution in [3.63, 3.8) is 0 Å². The van der Waals surface area contributed by atoms with E-state index in [0.717, 1.165) is 17.1 Å². The van der Waals surface area contributed by atoms with Crippen LogP contribution in [0.2, 0.25) is 0 Å². The van der Waals surface area contributed by atoms with E-state index in [2.05, 4.69) is 183 Å². The van der Waals surface area contributed by atoms with Crippen LogP contribution in [0.5, 0.6) is 0 Å². The van der Waals surface area contributed by atoms with Crippen LogP contribution in [0, 0.1) is 0 Å². The van der Waals surface area contributed by atoms with Gasteiger partial charge in [0.25, 0.3) is 0 Å². The first-order valence-corrected chi connectivity index (χ1v) is 15.4. The van der Waals surface area contributed by atoms with E-state index in [1.807, 2.05) is 0 Å². The highest BCUT2D eigenvalue weighted by molar-refractivity contribution is 6.05. The van der Waals surface area contributed by atoms with E-state index in [-0.39, 0.29) is 5.41 Å². The number of para-hydroxylation sites is 1. The van der Waals surface area contributed by atoms with E-state index in [1.165, 1.54) is 55.3 Å². The summed E-state index contributed by atoms with van der Waals surface area (Å²) in [5.41, 5.74) is 13.8. The lowest BCUT2D eigenvalue weighted by atomic mass is 9.81. The quantitative estimate of drug-likeness (QED) is 0.201. The highest BCUT2D eigenvalue weighted by Gasteiger charge is 2.35. The van der Waals surface area contributed by atoms with Crippen molar-refractivity contribution in [3.05, 3.63) is 175 Å². The van der Waals surface area contributed by atoms with Crippen LogP contribution in [0.15, 0.2) is 164 Å². The van der Waals surface area contributed by atoms with E-state index in [0.29, 0.717) is 0 Å². The molecule has 0 atom stereocenters. The summed E-state index contributed by atoms with van der Waals surface area (Å²) in [6, 6.07) is 59.5. The van der Waals surface area contributed by atoms with Crippen LogP contribution < -0.4 is 4.90 Å². The molecule has 0 unspecified atom stereocenters. The predicted molar refractivity (Wildman–Crippen MR) is 187 cm³/mol. The van der Waals surface area contributed by atoms with E-state index < -0.39 is 0 Å². The molecule has 0 aromatic heterocycles. The molecule has 7 aromatic carbocycles. The third-order valence-electron chi connectivity index (χ3n) is 9.27. The Morgan fingerprint density at radius 3 is 1.84 bits per heavy atom. The Hall–Kier alpha value is -5.40. The Bertz CT molecular complexity index is 2120. The molecular weight excluding hydrogens is 530 g/mol. The van der Waals surface area contributed by atoms with Gasteiger partial charge in [-0.05, 0) is 86.1 Å². The summed E-state index contributed by atoms with van der Waals surface area (Å²) in [6.07, 6.45) is 0. The van der Waals surface area contributed by atoms with Crippen molar-refractivity contribution in [2.75, 3.05) is 4.90 Å². The molecule has 1 heteroatoms. The summed E-state index contributed by atoms with van der Waals surface area (Å²) in [5, 5.41) is 2.48. The molecule has 0 spiro atoms. The third-order valence-corrected chi connectivity index (χ3v) is 9.27. The largest absolute Gasteiger partial charge is 0.310 e. The van der Waals surface area contributed by atoms with Gasteiger partial charge in [-0.2, -0.15) is 0 Å². The molecule has 0 amide bonds. The normalized spacial score (nSPS) is 13.0. The molecule has 44 heavy (non-hydrogen) atoms. The monoisotopic (exact) mass is 563 g/mol. The van der Waals surface area contributed by atoms with Gasteiger partial charge in [-0.3, -0.25) is 0 Å². The zero-order valence-electron chi connectivity index (χ0n) is 25.0. The number of hydrogen-bond acceptors (Lipinski definition) is 1. The lowest BCUT2D eigenvalue weighted by molar-refractivity contribution is 0.660. The van der Waals surface area contributed by atoms with Gasteiger partial charge in [-0.25, -0.2) is 0 Å². The average Bonchev–Trinajstić information content (AvgIpc) is 3.31. The van der Waals surface area contributed by atoms with Gasteiger partial charge in [0, 0.05) is 22.4 Å².